The molecule has 0 aliphatic rings. The van der Waals surface area contributed by atoms with E-state index in [0.29, 0.717) is 0 Å². The first-order chi connectivity index (χ1) is 11.4. The SMILES string of the molecule is O=C(COc1ccc([N+](=O)[O-])cc1[N+](=O)[O-])Nc1ccccc1O. The molecule has 2 rings (SSSR count). The van der Waals surface area contributed by atoms with Crippen LogP contribution in [0.3, 0.4) is 0 Å². The zero-order valence-electron chi connectivity index (χ0n) is 12.0. The molecule has 0 spiro atoms. The Hall–Kier alpha value is -3.69. The first-order valence-corrected chi connectivity index (χ1v) is 6.52. The van der Waals surface area contributed by atoms with Crippen molar-refractivity contribution in [2.24, 2.45) is 0 Å². The Morgan fingerprint density at radius 2 is 1.83 bits per heavy atom. The molecule has 0 aliphatic carbocycles. The Balaban J connectivity index is 2.08. The van der Waals surface area contributed by atoms with Gasteiger partial charge in [-0.15, -0.1) is 0 Å². The van der Waals surface area contributed by atoms with Crippen LogP contribution < -0.4 is 10.1 Å². The monoisotopic (exact) mass is 333 g/mol. The fraction of sp³-hybridized carbons (Fsp3) is 0.0714. The smallest absolute Gasteiger partial charge is 0.317 e. The maximum absolute atomic E-state index is 11.8. The second kappa shape index (κ2) is 7.05. The summed E-state index contributed by atoms with van der Waals surface area (Å²) in [5, 5.41) is 33.5. The molecule has 2 aromatic rings. The van der Waals surface area contributed by atoms with E-state index in [1.54, 1.807) is 12.1 Å². The number of amides is 1. The second-order valence-electron chi connectivity index (χ2n) is 4.52. The number of hydrogen-bond acceptors (Lipinski definition) is 7. The molecule has 0 radical (unpaired) electrons. The number of aromatic hydroxyl groups is 1. The molecular formula is C14H11N3O7. The van der Waals surface area contributed by atoms with E-state index < -0.39 is 33.7 Å². The number of hydrogen-bond donors (Lipinski definition) is 2. The number of nitro groups is 2. The number of rotatable bonds is 6. The Labute approximate surface area is 134 Å². The first-order valence-electron chi connectivity index (χ1n) is 6.52. The lowest BCUT2D eigenvalue weighted by Crippen LogP contribution is -2.20. The van der Waals surface area contributed by atoms with E-state index in [-0.39, 0.29) is 17.2 Å². The van der Waals surface area contributed by atoms with E-state index in [9.17, 15) is 30.1 Å². The number of para-hydroxylation sites is 2. The van der Waals surface area contributed by atoms with E-state index in [0.717, 1.165) is 18.2 Å². The van der Waals surface area contributed by atoms with Gasteiger partial charge in [-0.05, 0) is 18.2 Å². The third kappa shape index (κ3) is 3.94. The van der Waals surface area contributed by atoms with Crippen LogP contribution in [0.4, 0.5) is 17.1 Å². The standard InChI is InChI=1S/C14H11N3O7/c18-12-4-2-1-3-10(12)15-14(19)8-24-13-6-5-9(16(20)21)7-11(13)17(22)23/h1-7,18H,8H2,(H,15,19). The van der Waals surface area contributed by atoms with Crippen LogP contribution in [0.5, 0.6) is 11.5 Å². The number of non-ortho nitro benzene ring substituents is 1. The lowest BCUT2D eigenvalue weighted by molar-refractivity contribution is -0.394. The zero-order chi connectivity index (χ0) is 17.7. The summed E-state index contributed by atoms with van der Waals surface area (Å²) < 4.78 is 5.05. The molecule has 2 N–H and O–H groups in total. The summed E-state index contributed by atoms with van der Waals surface area (Å²) in [6, 6.07) is 8.82. The zero-order valence-corrected chi connectivity index (χ0v) is 12.0. The Morgan fingerprint density at radius 3 is 2.46 bits per heavy atom. The number of benzene rings is 2. The van der Waals surface area contributed by atoms with Crippen molar-refractivity contribution in [1.82, 2.24) is 0 Å². The maximum Gasteiger partial charge on any atom is 0.317 e. The molecule has 10 nitrogen and oxygen atoms in total. The summed E-state index contributed by atoms with van der Waals surface area (Å²) in [4.78, 5) is 31.7. The summed E-state index contributed by atoms with van der Waals surface area (Å²) in [6.45, 7) is -0.576. The normalized spacial score (nSPS) is 10.0. The molecule has 0 heterocycles. The number of nitro benzene ring substituents is 2. The third-order valence-corrected chi connectivity index (χ3v) is 2.89. The van der Waals surface area contributed by atoms with Gasteiger partial charge in [-0.3, -0.25) is 25.0 Å². The van der Waals surface area contributed by atoms with Gasteiger partial charge in [0.2, 0.25) is 0 Å². The molecule has 1 amide bonds. The highest BCUT2D eigenvalue weighted by Gasteiger charge is 2.21. The number of nitrogens with zero attached hydrogens (tertiary/aromatic N) is 2. The van der Waals surface area contributed by atoms with Gasteiger partial charge in [0.1, 0.15) is 5.75 Å². The van der Waals surface area contributed by atoms with Crippen LogP contribution in [0, 0.1) is 20.2 Å². The molecule has 0 atom stereocenters. The van der Waals surface area contributed by atoms with E-state index in [4.69, 9.17) is 4.74 Å². The molecule has 2 aromatic carbocycles. The maximum atomic E-state index is 11.8. The minimum Gasteiger partial charge on any atom is -0.506 e. The number of carbonyl (C=O) groups excluding carboxylic acids is 1. The summed E-state index contributed by atoms with van der Waals surface area (Å²) in [5.74, 6) is -1.09. The minimum atomic E-state index is -0.844. The number of phenolic OH excluding ortho intramolecular Hbond substituents is 1. The lowest BCUT2D eigenvalue weighted by atomic mass is 10.2. The minimum absolute atomic E-state index is 0.146. The molecule has 0 saturated heterocycles. The summed E-state index contributed by atoms with van der Waals surface area (Å²) >= 11 is 0. The second-order valence-corrected chi connectivity index (χ2v) is 4.52. The number of ether oxygens (including phenoxy) is 1. The molecule has 124 valence electrons. The predicted octanol–water partition coefficient (Wildman–Crippen LogP) is 2.23. The molecule has 0 fully saturated rings. The number of anilines is 1. The summed E-state index contributed by atoms with van der Waals surface area (Å²) in [6.07, 6.45) is 0. The molecule has 24 heavy (non-hydrogen) atoms. The quantitative estimate of drug-likeness (QED) is 0.468. The van der Waals surface area contributed by atoms with Gasteiger partial charge in [0, 0.05) is 6.07 Å². The number of nitrogens with one attached hydrogen (secondary N) is 1. The highest BCUT2D eigenvalue weighted by atomic mass is 16.6. The molecule has 10 heteroatoms. The van der Waals surface area contributed by atoms with Crippen molar-refractivity contribution in [1.29, 1.82) is 0 Å². The average Bonchev–Trinajstić information content (AvgIpc) is 2.54. The van der Waals surface area contributed by atoms with Crippen LogP contribution in [0.1, 0.15) is 0 Å². The molecule has 0 unspecified atom stereocenters. The molecule has 0 bridgehead atoms. The van der Waals surface area contributed by atoms with Gasteiger partial charge in [-0.2, -0.15) is 0 Å². The van der Waals surface area contributed by atoms with Gasteiger partial charge in [-0.25, -0.2) is 0 Å². The van der Waals surface area contributed by atoms with E-state index in [2.05, 4.69) is 5.32 Å². The van der Waals surface area contributed by atoms with Crippen LogP contribution in [-0.2, 0) is 4.79 Å². The van der Waals surface area contributed by atoms with Crippen molar-refractivity contribution in [3.8, 4) is 11.5 Å². The molecule has 0 aromatic heterocycles. The van der Waals surface area contributed by atoms with Crippen LogP contribution in [0.15, 0.2) is 42.5 Å². The van der Waals surface area contributed by atoms with E-state index >= 15 is 0 Å². The van der Waals surface area contributed by atoms with Crippen molar-refractivity contribution >= 4 is 23.0 Å². The molecule has 0 saturated carbocycles. The van der Waals surface area contributed by atoms with Crippen molar-refractivity contribution in [3.05, 3.63) is 62.7 Å². The largest absolute Gasteiger partial charge is 0.506 e. The summed E-state index contributed by atoms with van der Waals surface area (Å²) in [7, 11) is 0. The fourth-order valence-electron chi connectivity index (χ4n) is 1.79. The fourth-order valence-corrected chi connectivity index (χ4v) is 1.79. The van der Waals surface area contributed by atoms with Crippen molar-refractivity contribution in [3.63, 3.8) is 0 Å². The topological polar surface area (TPSA) is 145 Å². The summed E-state index contributed by atoms with van der Waals surface area (Å²) in [5.41, 5.74) is -0.934. The van der Waals surface area contributed by atoms with Crippen LogP contribution in [0.25, 0.3) is 0 Å². The van der Waals surface area contributed by atoms with Gasteiger partial charge in [0.05, 0.1) is 21.6 Å². The Kier molecular flexibility index (Phi) is 4.90. The van der Waals surface area contributed by atoms with Gasteiger partial charge < -0.3 is 15.2 Å². The van der Waals surface area contributed by atoms with Crippen molar-refractivity contribution in [2.75, 3.05) is 11.9 Å². The third-order valence-electron chi connectivity index (χ3n) is 2.89. The number of phenols is 1. The van der Waals surface area contributed by atoms with Crippen LogP contribution >= 0.6 is 0 Å². The van der Waals surface area contributed by atoms with E-state index in [1.165, 1.54) is 12.1 Å². The highest BCUT2D eigenvalue weighted by molar-refractivity contribution is 5.93. The van der Waals surface area contributed by atoms with Crippen LogP contribution in [0.2, 0.25) is 0 Å². The van der Waals surface area contributed by atoms with Gasteiger partial charge in [0.15, 0.2) is 12.4 Å². The lowest BCUT2D eigenvalue weighted by Gasteiger charge is -2.08. The number of carbonyl (C=O) groups is 1. The van der Waals surface area contributed by atoms with Crippen molar-refractivity contribution in [2.45, 2.75) is 0 Å². The van der Waals surface area contributed by atoms with Gasteiger partial charge in [-0.1, -0.05) is 12.1 Å². The molecule has 0 aliphatic heterocycles. The highest BCUT2D eigenvalue weighted by Crippen LogP contribution is 2.31. The Morgan fingerprint density at radius 1 is 1.12 bits per heavy atom. The van der Waals surface area contributed by atoms with Crippen LogP contribution in [-0.4, -0.2) is 27.5 Å². The Bertz CT molecular complexity index is 807. The van der Waals surface area contributed by atoms with Gasteiger partial charge in [0.25, 0.3) is 11.6 Å². The van der Waals surface area contributed by atoms with Gasteiger partial charge >= 0.3 is 5.69 Å². The molecular weight excluding hydrogens is 322 g/mol. The average molecular weight is 333 g/mol. The van der Waals surface area contributed by atoms with Crippen molar-refractivity contribution < 1.29 is 24.5 Å². The predicted molar refractivity (Wildman–Crippen MR) is 82.0 cm³/mol. The first kappa shape index (κ1) is 16.7. The van der Waals surface area contributed by atoms with E-state index in [1.807, 2.05) is 0 Å².